The Bertz CT molecular complexity index is 551. The van der Waals surface area contributed by atoms with Gasteiger partial charge in [-0.15, -0.1) is 0 Å². The summed E-state index contributed by atoms with van der Waals surface area (Å²) in [5.74, 6) is 0.202. The van der Waals surface area contributed by atoms with Gasteiger partial charge in [-0.25, -0.2) is 9.98 Å². The number of nitrogens with two attached hydrogens (primary N) is 1. The van der Waals surface area contributed by atoms with Crippen molar-refractivity contribution in [3.63, 3.8) is 0 Å². The van der Waals surface area contributed by atoms with Crippen molar-refractivity contribution in [2.45, 2.75) is 6.92 Å². The number of nitrogens with zero attached hydrogens (tertiary/aromatic N) is 2. The third kappa shape index (κ3) is 5.48. The third-order valence-corrected chi connectivity index (χ3v) is 2.78. The van der Waals surface area contributed by atoms with Crippen molar-refractivity contribution in [2.75, 3.05) is 0 Å². The zero-order valence-corrected chi connectivity index (χ0v) is 12.4. The summed E-state index contributed by atoms with van der Waals surface area (Å²) in [6.45, 7) is 9.31. The molecule has 0 bridgehead atoms. The van der Waals surface area contributed by atoms with Crippen molar-refractivity contribution in [2.24, 2.45) is 15.7 Å². The van der Waals surface area contributed by atoms with Crippen LogP contribution in [0.4, 0.5) is 5.69 Å². The van der Waals surface area contributed by atoms with Crippen molar-refractivity contribution >= 4 is 33.3 Å². The highest BCUT2D eigenvalue weighted by atomic mass is 79.9. The SMILES string of the molecule is C=CC=CC(=C)C(C)=NC(N)=Nc1ccc(Br)cc1. The van der Waals surface area contributed by atoms with Crippen molar-refractivity contribution in [1.82, 2.24) is 0 Å². The maximum absolute atomic E-state index is 5.78. The van der Waals surface area contributed by atoms with Gasteiger partial charge in [0.05, 0.1) is 5.69 Å². The van der Waals surface area contributed by atoms with Crippen LogP contribution in [0.3, 0.4) is 0 Å². The fourth-order valence-corrected chi connectivity index (χ4v) is 1.49. The molecule has 0 unspecified atom stereocenters. The molecule has 2 N–H and O–H groups in total. The first-order valence-corrected chi connectivity index (χ1v) is 6.45. The molecule has 1 aromatic rings. The lowest BCUT2D eigenvalue weighted by Crippen LogP contribution is -2.11. The maximum atomic E-state index is 5.78. The fourth-order valence-electron chi connectivity index (χ4n) is 1.22. The van der Waals surface area contributed by atoms with E-state index in [-0.39, 0.29) is 5.96 Å². The summed E-state index contributed by atoms with van der Waals surface area (Å²) in [5, 5.41) is 0. The summed E-state index contributed by atoms with van der Waals surface area (Å²) in [4.78, 5) is 8.40. The Morgan fingerprint density at radius 1 is 1.32 bits per heavy atom. The van der Waals surface area contributed by atoms with E-state index < -0.39 is 0 Å². The number of allylic oxidation sites excluding steroid dienone is 4. The standard InChI is InChI=1S/C15H16BrN3/c1-4-5-6-11(2)12(3)18-15(17)19-14-9-7-13(16)8-10-14/h4-10H,1-2H2,3H3,(H2,17,19). The van der Waals surface area contributed by atoms with Crippen LogP contribution < -0.4 is 5.73 Å². The molecule has 1 rings (SSSR count). The molecular formula is C15H16BrN3. The first-order chi connectivity index (χ1) is 9.02. The number of guanidine groups is 1. The molecule has 0 saturated heterocycles. The summed E-state index contributed by atoms with van der Waals surface area (Å²) in [6, 6.07) is 7.51. The van der Waals surface area contributed by atoms with Crippen molar-refractivity contribution in [3.05, 3.63) is 65.7 Å². The van der Waals surface area contributed by atoms with Gasteiger partial charge in [0.2, 0.25) is 5.96 Å². The van der Waals surface area contributed by atoms with Gasteiger partial charge in [0.15, 0.2) is 0 Å². The minimum absolute atomic E-state index is 0.202. The number of hydrogen-bond acceptors (Lipinski definition) is 1. The lowest BCUT2D eigenvalue weighted by atomic mass is 10.2. The van der Waals surface area contributed by atoms with Crippen LogP contribution >= 0.6 is 15.9 Å². The van der Waals surface area contributed by atoms with Crippen LogP contribution in [0.2, 0.25) is 0 Å². The minimum Gasteiger partial charge on any atom is -0.368 e. The molecule has 0 aliphatic rings. The summed E-state index contributed by atoms with van der Waals surface area (Å²) in [6.07, 6.45) is 5.29. The van der Waals surface area contributed by atoms with Crippen LogP contribution in [-0.2, 0) is 0 Å². The van der Waals surface area contributed by atoms with E-state index in [4.69, 9.17) is 5.73 Å². The van der Waals surface area contributed by atoms with Gasteiger partial charge < -0.3 is 5.73 Å². The Kier molecular flexibility index (Phi) is 5.96. The van der Waals surface area contributed by atoms with Crippen LogP contribution in [0.25, 0.3) is 0 Å². The molecule has 0 radical (unpaired) electrons. The molecule has 0 heterocycles. The first-order valence-electron chi connectivity index (χ1n) is 5.66. The van der Waals surface area contributed by atoms with Crippen LogP contribution in [0.1, 0.15) is 6.92 Å². The molecule has 19 heavy (non-hydrogen) atoms. The minimum atomic E-state index is 0.202. The Morgan fingerprint density at radius 2 is 1.95 bits per heavy atom. The molecule has 1 aromatic carbocycles. The second kappa shape index (κ2) is 7.48. The predicted molar refractivity (Wildman–Crippen MR) is 87.0 cm³/mol. The number of halogens is 1. The van der Waals surface area contributed by atoms with E-state index in [1.54, 1.807) is 12.2 Å². The number of aliphatic imine (C=N–C) groups is 2. The number of rotatable bonds is 4. The summed E-state index contributed by atoms with van der Waals surface area (Å²) in [7, 11) is 0. The van der Waals surface area contributed by atoms with E-state index >= 15 is 0 Å². The van der Waals surface area contributed by atoms with Crippen molar-refractivity contribution < 1.29 is 0 Å². The van der Waals surface area contributed by atoms with E-state index in [9.17, 15) is 0 Å². The average Bonchev–Trinajstić information content (AvgIpc) is 2.38. The van der Waals surface area contributed by atoms with E-state index in [1.807, 2.05) is 37.3 Å². The van der Waals surface area contributed by atoms with Crippen molar-refractivity contribution in [1.29, 1.82) is 0 Å². The number of hydrogen-bond donors (Lipinski definition) is 1. The number of benzene rings is 1. The van der Waals surface area contributed by atoms with Crippen molar-refractivity contribution in [3.8, 4) is 0 Å². The highest BCUT2D eigenvalue weighted by Gasteiger charge is 1.97. The Balaban J connectivity index is 2.85. The Labute approximate surface area is 122 Å². The second-order valence-corrected chi connectivity index (χ2v) is 4.68. The monoisotopic (exact) mass is 317 g/mol. The van der Waals surface area contributed by atoms with Crippen LogP contribution in [0.5, 0.6) is 0 Å². The van der Waals surface area contributed by atoms with E-state index in [0.29, 0.717) is 0 Å². The largest absolute Gasteiger partial charge is 0.368 e. The molecule has 4 heteroatoms. The van der Waals surface area contributed by atoms with Gasteiger partial charge in [-0.2, -0.15) is 0 Å². The van der Waals surface area contributed by atoms with E-state index in [1.165, 1.54) is 0 Å². The zero-order chi connectivity index (χ0) is 14.3. The maximum Gasteiger partial charge on any atom is 0.220 e. The second-order valence-electron chi connectivity index (χ2n) is 3.76. The first kappa shape index (κ1) is 15.1. The van der Waals surface area contributed by atoms with Gasteiger partial charge >= 0.3 is 0 Å². The fraction of sp³-hybridized carbons (Fsp3) is 0.0667. The molecule has 0 aromatic heterocycles. The molecule has 0 aliphatic heterocycles. The van der Waals surface area contributed by atoms with Gasteiger partial charge in [-0.3, -0.25) is 0 Å². The average molecular weight is 318 g/mol. The summed E-state index contributed by atoms with van der Waals surface area (Å²) >= 11 is 3.36. The topological polar surface area (TPSA) is 50.7 Å². The lowest BCUT2D eigenvalue weighted by Gasteiger charge is -2.00. The molecule has 0 amide bonds. The molecule has 3 nitrogen and oxygen atoms in total. The van der Waals surface area contributed by atoms with Crippen LogP contribution in [-0.4, -0.2) is 11.7 Å². The molecule has 0 fully saturated rings. The van der Waals surface area contributed by atoms with Crippen LogP contribution in [0, 0.1) is 0 Å². The highest BCUT2D eigenvalue weighted by molar-refractivity contribution is 9.10. The van der Waals surface area contributed by atoms with Gasteiger partial charge in [0.1, 0.15) is 0 Å². The Hall–Kier alpha value is -1.94. The Morgan fingerprint density at radius 3 is 2.53 bits per heavy atom. The quantitative estimate of drug-likeness (QED) is 0.506. The van der Waals surface area contributed by atoms with Gasteiger partial charge in [-0.1, -0.05) is 47.3 Å². The molecule has 98 valence electrons. The highest BCUT2D eigenvalue weighted by Crippen LogP contribution is 2.16. The predicted octanol–water partition coefficient (Wildman–Crippen LogP) is 4.15. The molecular weight excluding hydrogens is 302 g/mol. The molecule has 0 spiro atoms. The molecule has 0 saturated carbocycles. The zero-order valence-electron chi connectivity index (χ0n) is 10.8. The van der Waals surface area contributed by atoms with E-state index in [2.05, 4.69) is 39.1 Å². The molecule has 0 aliphatic carbocycles. The third-order valence-electron chi connectivity index (χ3n) is 2.25. The van der Waals surface area contributed by atoms with E-state index in [0.717, 1.165) is 21.4 Å². The van der Waals surface area contributed by atoms with Gasteiger partial charge in [0, 0.05) is 10.2 Å². The smallest absolute Gasteiger partial charge is 0.220 e. The normalized spacial score (nSPS) is 12.7. The molecule has 0 atom stereocenters. The lowest BCUT2D eigenvalue weighted by molar-refractivity contribution is 1.40. The van der Waals surface area contributed by atoms with Crippen LogP contribution in [0.15, 0.2) is 75.7 Å². The van der Waals surface area contributed by atoms with Gasteiger partial charge in [-0.05, 0) is 36.8 Å². The summed E-state index contributed by atoms with van der Waals surface area (Å²) in [5.41, 5.74) is 8.02. The summed E-state index contributed by atoms with van der Waals surface area (Å²) < 4.78 is 0.993. The van der Waals surface area contributed by atoms with Gasteiger partial charge in [0.25, 0.3) is 0 Å².